The average Bonchev–Trinajstić information content (AvgIpc) is 3.30. The molecule has 0 spiro atoms. The Morgan fingerprint density at radius 3 is 2.52 bits per heavy atom. The van der Waals surface area contributed by atoms with E-state index in [0.717, 1.165) is 29.0 Å². The van der Waals surface area contributed by atoms with Crippen molar-refractivity contribution in [2.45, 2.75) is 36.3 Å². The van der Waals surface area contributed by atoms with Crippen molar-refractivity contribution >= 4 is 35.0 Å². The van der Waals surface area contributed by atoms with Gasteiger partial charge in [0.1, 0.15) is 5.25 Å². The molecule has 0 saturated heterocycles. The van der Waals surface area contributed by atoms with Crippen molar-refractivity contribution in [1.29, 1.82) is 0 Å². The molecule has 1 atom stereocenters. The third-order valence-electron chi connectivity index (χ3n) is 5.11. The molecule has 3 aromatic carbocycles. The summed E-state index contributed by atoms with van der Waals surface area (Å²) in [5.74, 6) is 1.13. The lowest BCUT2D eigenvalue weighted by Crippen LogP contribution is -2.19. The largest absolute Gasteiger partial charge is 0.454 e. The SMILES string of the molecule is CCCCC(=O)Nc1cccc(SC(C(=O)Nc2ccc3c(c2)OCO3)c2ccccc2)c1. The normalized spacial score (nSPS) is 12.8. The van der Waals surface area contributed by atoms with Crippen LogP contribution >= 0.6 is 11.8 Å². The monoisotopic (exact) mass is 462 g/mol. The smallest absolute Gasteiger partial charge is 0.242 e. The maximum Gasteiger partial charge on any atom is 0.242 e. The summed E-state index contributed by atoms with van der Waals surface area (Å²) in [4.78, 5) is 26.3. The molecule has 0 bridgehead atoms. The van der Waals surface area contributed by atoms with Gasteiger partial charge in [0.15, 0.2) is 11.5 Å². The molecule has 1 unspecified atom stereocenters. The maximum absolute atomic E-state index is 13.3. The first-order valence-corrected chi connectivity index (χ1v) is 11.8. The number of rotatable bonds is 9. The summed E-state index contributed by atoms with van der Waals surface area (Å²) in [5.41, 5.74) is 2.25. The number of unbranched alkanes of at least 4 members (excludes halogenated alkanes) is 1. The molecule has 3 aromatic rings. The van der Waals surface area contributed by atoms with Gasteiger partial charge in [-0.25, -0.2) is 0 Å². The Kier molecular flexibility index (Phi) is 7.52. The maximum atomic E-state index is 13.3. The fraction of sp³-hybridized carbons (Fsp3) is 0.231. The number of benzene rings is 3. The van der Waals surface area contributed by atoms with Gasteiger partial charge in [0.25, 0.3) is 0 Å². The Hall–Kier alpha value is -3.45. The molecule has 2 N–H and O–H groups in total. The van der Waals surface area contributed by atoms with Crippen LogP contribution in [0.3, 0.4) is 0 Å². The highest BCUT2D eigenvalue weighted by Crippen LogP contribution is 2.38. The topological polar surface area (TPSA) is 76.7 Å². The van der Waals surface area contributed by atoms with E-state index in [0.29, 0.717) is 23.6 Å². The second-order valence-corrected chi connectivity index (χ2v) is 8.82. The van der Waals surface area contributed by atoms with Crippen LogP contribution in [-0.2, 0) is 9.59 Å². The van der Waals surface area contributed by atoms with Crippen LogP contribution in [0.2, 0.25) is 0 Å². The van der Waals surface area contributed by atoms with Gasteiger partial charge in [0.05, 0.1) is 0 Å². The third kappa shape index (κ3) is 6.08. The molecule has 4 rings (SSSR count). The Labute approximate surface area is 197 Å². The molecular formula is C26H26N2O4S. The number of thioether (sulfide) groups is 1. The first kappa shape index (κ1) is 22.7. The zero-order valence-corrected chi connectivity index (χ0v) is 19.2. The molecule has 0 saturated carbocycles. The minimum atomic E-state index is -0.484. The first-order valence-electron chi connectivity index (χ1n) is 10.9. The van der Waals surface area contributed by atoms with Crippen LogP contribution in [0.5, 0.6) is 11.5 Å². The van der Waals surface area contributed by atoms with E-state index in [1.807, 2.05) is 54.6 Å². The van der Waals surface area contributed by atoms with E-state index in [9.17, 15) is 9.59 Å². The number of amides is 2. The van der Waals surface area contributed by atoms with Crippen molar-refractivity contribution in [3.63, 3.8) is 0 Å². The predicted molar refractivity (Wildman–Crippen MR) is 131 cm³/mol. The van der Waals surface area contributed by atoms with E-state index in [2.05, 4.69) is 17.6 Å². The summed E-state index contributed by atoms with van der Waals surface area (Å²) in [7, 11) is 0. The Balaban J connectivity index is 1.51. The Morgan fingerprint density at radius 1 is 0.909 bits per heavy atom. The van der Waals surface area contributed by atoms with Gasteiger partial charge >= 0.3 is 0 Å². The number of carbonyl (C=O) groups is 2. The molecule has 1 aliphatic heterocycles. The van der Waals surface area contributed by atoms with Crippen LogP contribution < -0.4 is 20.1 Å². The fourth-order valence-electron chi connectivity index (χ4n) is 3.43. The highest BCUT2D eigenvalue weighted by molar-refractivity contribution is 8.00. The van der Waals surface area contributed by atoms with Crippen molar-refractivity contribution in [3.05, 3.63) is 78.4 Å². The first-order chi connectivity index (χ1) is 16.1. The summed E-state index contributed by atoms with van der Waals surface area (Å²) >= 11 is 1.43. The van der Waals surface area contributed by atoms with E-state index < -0.39 is 5.25 Å². The molecule has 1 heterocycles. The summed E-state index contributed by atoms with van der Waals surface area (Å²) in [6.45, 7) is 2.24. The summed E-state index contributed by atoms with van der Waals surface area (Å²) < 4.78 is 10.8. The summed E-state index contributed by atoms with van der Waals surface area (Å²) in [5, 5.41) is 5.46. The van der Waals surface area contributed by atoms with Crippen LogP contribution in [0.4, 0.5) is 11.4 Å². The van der Waals surface area contributed by atoms with Gasteiger partial charge < -0.3 is 20.1 Å². The lowest BCUT2D eigenvalue weighted by Gasteiger charge is -2.18. The molecule has 0 fully saturated rings. The molecule has 0 aliphatic carbocycles. The summed E-state index contributed by atoms with van der Waals surface area (Å²) in [6.07, 6.45) is 2.33. The van der Waals surface area contributed by atoms with Gasteiger partial charge in [-0.2, -0.15) is 0 Å². The number of hydrogen-bond acceptors (Lipinski definition) is 5. The molecule has 0 aromatic heterocycles. The van der Waals surface area contributed by atoms with Gasteiger partial charge in [-0.05, 0) is 42.3 Å². The molecule has 1 aliphatic rings. The molecule has 2 amide bonds. The number of fused-ring (bicyclic) bond motifs is 1. The van der Waals surface area contributed by atoms with Gasteiger partial charge in [0, 0.05) is 28.8 Å². The van der Waals surface area contributed by atoms with Crippen LogP contribution in [-0.4, -0.2) is 18.6 Å². The van der Waals surface area contributed by atoms with E-state index in [4.69, 9.17) is 9.47 Å². The van der Waals surface area contributed by atoms with Crippen molar-refractivity contribution < 1.29 is 19.1 Å². The average molecular weight is 463 g/mol. The number of nitrogens with one attached hydrogen (secondary N) is 2. The van der Waals surface area contributed by atoms with Crippen LogP contribution in [0, 0.1) is 0 Å². The second-order valence-electron chi connectivity index (χ2n) is 7.65. The Bertz CT molecular complexity index is 1120. The minimum Gasteiger partial charge on any atom is -0.454 e. The zero-order valence-electron chi connectivity index (χ0n) is 18.4. The molecular weight excluding hydrogens is 436 g/mol. The van der Waals surface area contributed by atoms with Crippen molar-refractivity contribution in [1.82, 2.24) is 0 Å². The zero-order chi connectivity index (χ0) is 23.0. The lowest BCUT2D eigenvalue weighted by atomic mass is 10.1. The van der Waals surface area contributed by atoms with E-state index in [-0.39, 0.29) is 18.6 Å². The molecule has 6 nitrogen and oxygen atoms in total. The van der Waals surface area contributed by atoms with E-state index >= 15 is 0 Å². The number of carbonyl (C=O) groups excluding carboxylic acids is 2. The van der Waals surface area contributed by atoms with Crippen molar-refractivity contribution in [2.24, 2.45) is 0 Å². The molecule has 0 radical (unpaired) electrons. The number of anilines is 2. The fourth-order valence-corrected chi connectivity index (χ4v) is 4.51. The highest BCUT2D eigenvalue weighted by Gasteiger charge is 2.23. The quantitative estimate of drug-likeness (QED) is 0.381. The second kappa shape index (κ2) is 10.9. The highest BCUT2D eigenvalue weighted by atomic mass is 32.2. The molecule has 170 valence electrons. The van der Waals surface area contributed by atoms with Crippen LogP contribution in [0.1, 0.15) is 37.0 Å². The lowest BCUT2D eigenvalue weighted by molar-refractivity contribution is -0.116. The van der Waals surface area contributed by atoms with Crippen molar-refractivity contribution in [2.75, 3.05) is 17.4 Å². The third-order valence-corrected chi connectivity index (χ3v) is 6.36. The van der Waals surface area contributed by atoms with Crippen molar-refractivity contribution in [3.8, 4) is 11.5 Å². The number of hydrogen-bond donors (Lipinski definition) is 2. The standard InChI is InChI=1S/C26H26N2O4S/c1-2-3-12-24(29)27-19-10-7-11-21(15-19)33-25(18-8-5-4-6-9-18)26(30)28-20-13-14-22-23(16-20)32-17-31-22/h4-11,13-16,25H,2-3,12,17H2,1H3,(H,27,29)(H,28,30). The van der Waals surface area contributed by atoms with Gasteiger partial charge in [-0.3, -0.25) is 9.59 Å². The Morgan fingerprint density at radius 2 is 1.70 bits per heavy atom. The molecule has 33 heavy (non-hydrogen) atoms. The number of ether oxygens (including phenoxy) is 2. The minimum absolute atomic E-state index is 0.000777. The van der Waals surface area contributed by atoms with Gasteiger partial charge in [0.2, 0.25) is 18.6 Å². The van der Waals surface area contributed by atoms with Crippen LogP contribution in [0.25, 0.3) is 0 Å². The predicted octanol–water partition coefficient (Wildman–Crippen LogP) is 6.02. The van der Waals surface area contributed by atoms with Crippen LogP contribution in [0.15, 0.2) is 77.7 Å². The van der Waals surface area contributed by atoms with E-state index in [1.165, 1.54) is 11.8 Å². The molecule has 7 heteroatoms. The van der Waals surface area contributed by atoms with Gasteiger partial charge in [-0.15, -0.1) is 11.8 Å². The van der Waals surface area contributed by atoms with E-state index in [1.54, 1.807) is 18.2 Å². The summed E-state index contributed by atoms with van der Waals surface area (Å²) in [6, 6.07) is 22.6. The van der Waals surface area contributed by atoms with Gasteiger partial charge in [-0.1, -0.05) is 49.7 Å².